The first-order valence-electron chi connectivity index (χ1n) is 37.8. The molecule has 0 bridgehead atoms. The first kappa shape index (κ1) is 81.1. The molecule has 2 unspecified atom stereocenters. The SMILES string of the molecule is CCC/C=C\C/C=C\CCCCCCCC(=O)OCCCCCCCCCCCCCCCCCCCCCCCCCCCCCCCCCCCCCCCC(=O)NC(CO)C(O)/C=C/CCCCCCCCCCCCCCCC. The van der Waals surface area contributed by atoms with E-state index >= 15 is 0 Å². The number of ether oxygens (including phenoxy) is 1. The average molecular weight is 1170 g/mol. The van der Waals surface area contributed by atoms with Gasteiger partial charge in [0.15, 0.2) is 0 Å². The van der Waals surface area contributed by atoms with Crippen LogP contribution < -0.4 is 5.32 Å². The second kappa shape index (κ2) is 72.6. The second-order valence-electron chi connectivity index (χ2n) is 26.0. The van der Waals surface area contributed by atoms with E-state index in [4.69, 9.17) is 4.74 Å². The fourth-order valence-electron chi connectivity index (χ4n) is 11.9. The Morgan fingerprint density at radius 1 is 0.337 bits per heavy atom. The lowest BCUT2D eigenvalue weighted by Crippen LogP contribution is -2.45. The molecule has 0 heterocycles. The smallest absolute Gasteiger partial charge is 0.305 e. The lowest BCUT2D eigenvalue weighted by Gasteiger charge is -2.20. The predicted molar refractivity (Wildman–Crippen MR) is 366 cm³/mol. The molecular formula is C77H147NO5. The van der Waals surface area contributed by atoms with Crippen LogP contribution in [-0.2, 0) is 14.3 Å². The number of amides is 1. The lowest BCUT2D eigenvalue weighted by molar-refractivity contribution is -0.143. The number of rotatable bonds is 71. The Labute approximate surface area is 519 Å². The molecular weight excluding hydrogens is 1020 g/mol. The van der Waals surface area contributed by atoms with Gasteiger partial charge in [0.25, 0.3) is 0 Å². The van der Waals surface area contributed by atoms with Crippen LogP contribution in [0.1, 0.15) is 418 Å². The maximum atomic E-state index is 12.5. The van der Waals surface area contributed by atoms with Gasteiger partial charge in [0.05, 0.1) is 25.4 Å². The number of aliphatic hydroxyl groups excluding tert-OH is 2. The summed E-state index contributed by atoms with van der Waals surface area (Å²) in [6.07, 6.45) is 94.1. The second-order valence-corrected chi connectivity index (χ2v) is 26.0. The zero-order valence-corrected chi connectivity index (χ0v) is 56.2. The highest BCUT2D eigenvalue weighted by Crippen LogP contribution is 2.20. The molecule has 3 N–H and O–H groups in total. The predicted octanol–water partition coefficient (Wildman–Crippen LogP) is 24.7. The van der Waals surface area contributed by atoms with Crippen molar-refractivity contribution >= 4 is 11.9 Å². The van der Waals surface area contributed by atoms with E-state index in [-0.39, 0.29) is 18.5 Å². The van der Waals surface area contributed by atoms with E-state index < -0.39 is 12.1 Å². The summed E-state index contributed by atoms with van der Waals surface area (Å²) in [4.78, 5) is 24.5. The molecule has 0 aliphatic rings. The summed E-state index contributed by atoms with van der Waals surface area (Å²) in [6, 6.07) is -0.623. The van der Waals surface area contributed by atoms with Crippen LogP contribution in [0.25, 0.3) is 0 Å². The molecule has 0 radical (unpaired) electrons. The Bertz CT molecular complexity index is 1340. The highest BCUT2D eigenvalue weighted by atomic mass is 16.5. The standard InChI is InChI=1S/C77H147NO5/c1-3-5-7-9-11-13-15-17-18-42-46-49-53-57-61-65-69-75(80)74(73-79)78-76(81)70-66-62-58-54-50-47-43-40-38-36-34-32-30-28-26-24-22-20-19-21-23-25-27-29-31-33-35-37-39-41-44-48-52-56-60-64-68-72-83-77(82)71-67-63-59-55-51-45-16-14-12-10-8-6-4-2/h8,10,14,16,65,69,74-75,79-80H,3-7,9,11-13,15,17-64,66-68,70-73H2,1-2H3,(H,78,81)/b10-8-,16-14-,69-65+. The summed E-state index contributed by atoms with van der Waals surface area (Å²) in [7, 11) is 0. The van der Waals surface area contributed by atoms with Gasteiger partial charge in [-0.05, 0) is 57.8 Å². The number of esters is 1. The number of allylic oxidation sites excluding steroid dienone is 5. The summed E-state index contributed by atoms with van der Waals surface area (Å²) >= 11 is 0. The first-order valence-corrected chi connectivity index (χ1v) is 37.8. The number of unbranched alkanes of at least 4 members (excludes halogenated alkanes) is 56. The Morgan fingerprint density at radius 2 is 0.627 bits per heavy atom. The number of hydrogen-bond acceptors (Lipinski definition) is 5. The van der Waals surface area contributed by atoms with Gasteiger partial charge in [0.1, 0.15) is 0 Å². The Balaban J connectivity index is 3.31. The van der Waals surface area contributed by atoms with Crippen molar-refractivity contribution < 1.29 is 24.5 Å². The van der Waals surface area contributed by atoms with Crippen molar-refractivity contribution in [1.29, 1.82) is 0 Å². The maximum absolute atomic E-state index is 12.5. The van der Waals surface area contributed by atoms with Crippen molar-refractivity contribution in [3.63, 3.8) is 0 Å². The molecule has 0 aromatic carbocycles. The van der Waals surface area contributed by atoms with Gasteiger partial charge >= 0.3 is 5.97 Å². The van der Waals surface area contributed by atoms with E-state index in [0.717, 1.165) is 51.4 Å². The van der Waals surface area contributed by atoms with Gasteiger partial charge in [-0.1, -0.05) is 384 Å². The number of aliphatic hydroxyl groups is 2. The van der Waals surface area contributed by atoms with Crippen LogP contribution in [0, 0.1) is 0 Å². The fourth-order valence-corrected chi connectivity index (χ4v) is 11.9. The van der Waals surface area contributed by atoms with Gasteiger partial charge in [0, 0.05) is 12.8 Å². The van der Waals surface area contributed by atoms with Gasteiger partial charge in [-0.25, -0.2) is 0 Å². The molecule has 0 rings (SSSR count). The lowest BCUT2D eigenvalue weighted by atomic mass is 10.0. The molecule has 2 atom stereocenters. The van der Waals surface area contributed by atoms with E-state index in [9.17, 15) is 19.8 Å². The minimum Gasteiger partial charge on any atom is -0.466 e. The maximum Gasteiger partial charge on any atom is 0.305 e. The molecule has 0 aliphatic carbocycles. The Kier molecular flexibility index (Phi) is 70.9. The zero-order chi connectivity index (χ0) is 59.9. The molecule has 0 saturated carbocycles. The van der Waals surface area contributed by atoms with Crippen molar-refractivity contribution in [1.82, 2.24) is 5.32 Å². The van der Waals surface area contributed by atoms with Gasteiger partial charge in [-0.2, -0.15) is 0 Å². The number of carbonyl (C=O) groups excluding carboxylic acids is 2. The normalized spacial score (nSPS) is 12.7. The van der Waals surface area contributed by atoms with Crippen LogP contribution in [0.2, 0.25) is 0 Å². The van der Waals surface area contributed by atoms with Crippen molar-refractivity contribution in [3.8, 4) is 0 Å². The van der Waals surface area contributed by atoms with Crippen LogP contribution in [0.5, 0.6) is 0 Å². The monoisotopic (exact) mass is 1170 g/mol. The summed E-state index contributed by atoms with van der Waals surface area (Å²) in [5, 5.41) is 23.2. The summed E-state index contributed by atoms with van der Waals surface area (Å²) < 4.78 is 5.48. The quantitative estimate of drug-likeness (QED) is 0.0320. The average Bonchev–Trinajstić information content (AvgIpc) is 3.49. The molecule has 6 nitrogen and oxygen atoms in total. The van der Waals surface area contributed by atoms with Crippen LogP contribution in [-0.4, -0.2) is 47.4 Å². The molecule has 490 valence electrons. The molecule has 1 amide bonds. The molecule has 0 fully saturated rings. The number of nitrogens with one attached hydrogen (secondary N) is 1. The topological polar surface area (TPSA) is 95.9 Å². The summed E-state index contributed by atoms with van der Waals surface area (Å²) in [5.74, 6) is -0.0512. The highest BCUT2D eigenvalue weighted by Gasteiger charge is 2.18. The van der Waals surface area contributed by atoms with Crippen molar-refractivity contribution in [2.75, 3.05) is 13.2 Å². The first-order chi connectivity index (χ1) is 41.0. The molecule has 0 aromatic rings. The van der Waals surface area contributed by atoms with Gasteiger partial charge in [0.2, 0.25) is 5.91 Å². The van der Waals surface area contributed by atoms with E-state index in [2.05, 4.69) is 43.5 Å². The van der Waals surface area contributed by atoms with Crippen molar-refractivity contribution in [2.45, 2.75) is 431 Å². The van der Waals surface area contributed by atoms with Gasteiger partial charge in [-0.15, -0.1) is 0 Å². The summed E-state index contributed by atoms with van der Waals surface area (Å²) in [5.41, 5.74) is 0. The van der Waals surface area contributed by atoms with Gasteiger partial charge < -0.3 is 20.3 Å². The van der Waals surface area contributed by atoms with E-state index in [1.807, 2.05) is 6.08 Å². The third-order valence-electron chi connectivity index (χ3n) is 17.6. The molecule has 83 heavy (non-hydrogen) atoms. The van der Waals surface area contributed by atoms with Crippen molar-refractivity contribution in [3.05, 3.63) is 36.5 Å². The molecule has 0 aliphatic heterocycles. The Morgan fingerprint density at radius 3 is 0.964 bits per heavy atom. The zero-order valence-electron chi connectivity index (χ0n) is 56.2. The Hall–Kier alpha value is -1.92. The summed E-state index contributed by atoms with van der Waals surface area (Å²) in [6.45, 7) is 4.87. The highest BCUT2D eigenvalue weighted by molar-refractivity contribution is 5.76. The molecule has 0 saturated heterocycles. The van der Waals surface area contributed by atoms with Crippen molar-refractivity contribution in [2.24, 2.45) is 0 Å². The third-order valence-corrected chi connectivity index (χ3v) is 17.6. The molecule has 0 aromatic heterocycles. The number of carbonyl (C=O) groups is 2. The van der Waals surface area contributed by atoms with E-state index in [1.54, 1.807) is 6.08 Å². The number of hydrogen-bond donors (Lipinski definition) is 3. The van der Waals surface area contributed by atoms with Crippen LogP contribution >= 0.6 is 0 Å². The van der Waals surface area contributed by atoms with Crippen LogP contribution in [0.3, 0.4) is 0 Å². The minimum atomic E-state index is -0.840. The van der Waals surface area contributed by atoms with E-state index in [0.29, 0.717) is 19.4 Å². The van der Waals surface area contributed by atoms with Crippen LogP contribution in [0.4, 0.5) is 0 Å². The van der Waals surface area contributed by atoms with Crippen LogP contribution in [0.15, 0.2) is 36.5 Å². The minimum absolute atomic E-state index is 0.00808. The fraction of sp³-hybridized carbons (Fsp3) is 0.896. The largest absolute Gasteiger partial charge is 0.466 e. The van der Waals surface area contributed by atoms with Gasteiger partial charge in [-0.3, -0.25) is 9.59 Å². The molecule has 6 heteroatoms. The third kappa shape index (κ3) is 69.1. The van der Waals surface area contributed by atoms with E-state index in [1.165, 1.54) is 340 Å². The molecule has 0 spiro atoms.